The van der Waals surface area contributed by atoms with E-state index in [-0.39, 0.29) is 0 Å². The van der Waals surface area contributed by atoms with Gasteiger partial charge in [-0.3, -0.25) is 0 Å². The van der Waals surface area contributed by atoms with Crippen LogP contribution in [0.25, 0.3) is 0 Å². The van der Waals surface area contributed by atoms with E-state index in [0.29, 0.717) is 0 Å². The first-order chi connectivity index (χ1) is 5.29. The molecule has 0 spiro atoms. The highest BCUT2D eigenvalue weighted by atomic mass is 14.1. The monoisotopic (exact) mass is 152 g/mol. The topological polar surface area (TPSA) is 0 Å². The minimum Gasteiger partial charge on any atom is -0.0857 e. The van der Waals surface area contributed by atoms with Crippen molar-refractivity contribution in [2.45, 2.75) is 46.0 Å². The molecule has 0 bridgehead atoms. The first kappa shape index (κ1) is 8.83. The maximum atomic E-state index is 2.43. The summed E-state index contributed by atoms with van der Waals surface area (Å²) in [6.45, 7) is 4.50. The molecule has 0 aromatic rings. The lowest BCUT2D eigenvalue weighted by Gasteiger charge is -2.17. The van der Waals surface area contributed by atoms with Gasteiger partial charge in [0.05, 0.1) is 0 Å². The summed E-state index contributed by atoms with van der Waals surface area (Å²) in [7, 11) is 0. The highest BCUT2D eigenvalue weighted by Crippen LogP contribution is 2.24. The Bertz CT molecular complexity index is 116. The summed E-state index contributed by atoms with van der Waals surface area (Å²) in [4.78, 5) is 0. The Kier molecular flexibility index (Phi) is 3.68. The van der Waals surface area contributed by atoms with Crippen LogP contribution in [0.2, 0.25) is 0 Å². The first-order valence-corrected chi connectivity index (χ1v) is 4.97. The zero-order valence-corrected chi connectivity index (χ0v) is 7.84. The summed E-state index contributed by atoms with van der Waals surface area (Å²) >= 11 is 0. The summed E-state index contributed by atoms with van der Waals surface area (Å²) in [5.74, 6) is 1.64. The molecule has 0 unspecified atom stereocenters. The largest absolute Gasteiger partial charge is 0.0857 e. The molecule has 0 heteroatoms. The molecule has 0 aliphatic heterocycles. The summed E-state index contributed by atoms with van der Waals surface area (Å²) < 4.78 is 0. The van der Waals surface area contributed by atoms with Gasteiger partial charge in [-0.05, 0) is 24.7 Å². The summed E-state index contributed by atoms with van der Waals surface area (Å²) in [5, 5.41) is 0. The third-order valence-corrected chi connectivity index (χ3v) is 2.42. The van der Waals surface area contributed by atoms with Crippen LogP contribution in [-0.2, 0) is 0 Å². The minimum absolute atomic E-state index is 0.733. The second-order valence-corrected chi connectivity index (χ2v) is 4.03. The van der Waals surface area contributed by atoms with E-state index in [1.807, 2.05) is 0 Å². The Morgan fingerprint density at radius 1 is 1.09 bits per heavy atom. The van der Waals surface area contributed by atoms with Crippen molar-refractivity contribution in [1.29, 1.82) is 0 Å². The molecule has 1 rings (SSSR count). The fourth-order valence-corrected chi connectivity index (χ4v) is 1.71. The van der Waals surface area contributed by atoms with Gasteiger partial charge >= 0.3 is 0 Å². The molecule has 0 atom stereocenters. The normalized spacial score (nSPS) is 21.7. The van der Waals surface area contributed by atoms with E-state index >= 15 is 0 Å². The molecule has 0 aromatic heterocycles. The van der Waals surface area contributed by atoms with Crippen LogP contribution in [0.4, 0.5) is 0 Å². The molecule has 64 valence electrons. The van der Waals surface area contributed by atoms with E-state index in [1.165, 1.54) is 32.1 Å². The van der Waals surface area contributed by atoms with Crippen LogP contribution in [0.15, 0.2) is 12.2 Å². The molecule has 0 aromatic carbocycles. The van der Waals surface area contributed by atoms with Crippen molar-refractivity contribution in [1.82, 2.24) is 0 Å². The number of hydrogen-bond donors (Lipinski definition) is 0. The van der Waals surface area contributed by atoms with Crippen LogP contribution in [-0.4, -0.2) is 0 Å². The standard InChI is InChI=1S/C11H20/c1-10(2)8-9-11-6-4-3-5-7-11/h8-11H,3-7H2,1-2H3. The van der Waals surface area contributed by atoms with Crippen molar-refractivity contribution in [2.75, 3.05) is 0 Å². The second kappa shape index (κ2) is 4.58. The fraction of sp³-hybridized carbons (Fsp3) is 0.818. The Morgan fingerprint density at radius 3 is 2.27 bits per heavy atom. The zero-order valence-electron chi connectivity index (χ0n) is 7.84. The van der Waals surface area contributed by atoms with Gasteiger partial charge in [-0.2, -0.15) is 0 Å². The lowest BCUT2D eigenvalue weighted by Crippen LogP contribution is -2.02. The molecular formula is C11H20. The molecule has 0 nitrogen and oxygen atoms in total. The SMILES string of the molecule is CC(C)C=CC1CCCCC1. The Balaban J connectivity index is 2.23. The van der Waals surface area contributed by atoms with Gasteiger partial charge in [-0.25, -0.2) is 0 Å². The van der Waals surface area contributed by atoms with Crippen LogP contribution in [0.3, 0.4) is 0 Å². The predicted molar refractivity (Wildman–Crippen MR) is 50.6 cm³/mol. The van der Waals surface area contributed by atoms with Crippen LogP contribution in [0.5, 0.6) is 0 Å². The summed E-state index contributed by atoms with van der Waals surface area (Å²) in [5.41, 5.74) is 0. The first-order valence-electron chi connectivity index (χ1n) is 4.97. The second-order valence-electron chi connectivity index (χ2n) is 4.03. The summed E-state index contributed by atoms with van der Waals surface area (Å²) in [6, 6.07) is 0. The number of allylic oxidation sites excluding steroid dienone is 2. The molecule has 0 heterocycles. The summed E-state index contributed by atoms with van der Waals surface area (Å²) in [6.07, 6.45) is 12.0. The van der Waals surface area contributed by atoms with Gasteiger partial charge in [0.15, 0.2) is 0 Å². The van der Waals surface area contributed by atoms with Crippen LogP contribution >= 0.6 is 0 Å². The molecule has 1 aliphatic carbocycles. The quantitative estimate of drug-likeness (QED) is 0.528. The van der Waals surface area contributed by atoms with Crippen molar-refractivity contribution in [3.05, 3.63) is 12.2 Å². The number of rotatable bonds is 2. The maximum Gasteiger partial charge on any atom is -0.0233 e. The minimum atomic E-state index is 0.733. The number of hydrogen-bond acceptors (Lipinski definition) is 0. The average molecular weight is 152 g/mol. The molecule has 11 heavy (non-hydrogen) atoms. The third kappa shape index (κ3) is 3.60. The lowest BCUT2D eigenvalue weighted by molar-refractivity contribution is 0.418. The van der Waals surface area contributed by atoms with E-state index in [4.69, 9.17) is 0 Å². The van der Waals surface area contributed by atoms with Crippen LogP contribution in [0.1, 0.15) is 46.0 Å². The van der Waals surface area contributed by atoms with E-state index in [1.54, 1.807) is 0 Å². The van der Waals surface area contributed by atoms with E-state index < -0.39 is 0 Å². The Labute approximate surface area is 70.7 Å². The predicted octanol–water partition coefficient (Wildman–Crippen LogP) is 3.78. The van der Waals surface area contributed by atoms with Crippen molar-refractivity contribution in [3.63, 3.8) is 0 Å². The molecular weight excluding hydrogens is 132 g/mol. The van der Waals surface area contributed by atoms with Crippen LogP contribution in [0, 0.1) is 11.8 Å². The highest BCUT2D eigenvalue weighted by molar-refractivity contribution is 4.91. The maximum absolute atomic E-state index is 2.43. The lowest BCUT2D eigenvalue weighted by atomic mass is 9.88. The van der Waals surface area contributed by atoms with Gasteiger partial charge < -0.3 is 0 Å². The van der Waals surface area contributed by atoms with Gasteiger partial charge in [0.25, 0.3) is 0 Å². The highest BCUT2D eigenvalue weighted by Gasteiger charge is 2.09. The van der Waals surface area contributed by atoms with Gasteiger partial charge in [0.1, 0.15) is 0 Å². The molecule has 0 N–H and O–H groups in total. The molecule has 0 amide bonds. The molecule has 1 aliphatic rings. The Morgan fingerprint density at radius 2 is 1.73 bits per heavy atom. The van der Waals surface area contributed by atoms with Gasteiger partial charge in [-0.1, -0.05) is 45.3 Å². The van der Waals surface area contributed by atoms with E-state index in [0.717, 1.165) is 11.8 Å². The molecule has 1 fully saturated rings. The van der Waals surface area contributed by atoms with Gasteiger partial charge in [0.2, 0.25) is 0 Å². The van der Waals surface area contributed by atoms with Crippen LogP contribution < -0.4 is 0 Å². The third-order valence-electron chi connectivity index (χ3n) is 2.42. The van der Waals surface area contributed by atoms with Crippen molar-refractivity contribution >= 4 is 0 Å². The average Bonchev–Trinajstić information content (AvgIpc) is 2.03. The fourth-order valence-electron chi connectivity index (χ4n) is 1.71. The molecule has 0 saturated heterocycles. The van der Waals surface area contributed by atoms with E-state index in [2.05, 4.69) is 26.0 Å². The molecule has 1 saturated carbocycles. The van der Waals surface area contributed by atoms with Crippen molar-refractivity contribution < 1.29 is 0 Å². The van der Waals surface area contributed by atoms with E-state index in [9.17, 15) is 0 Å². The Hall–Kier alpha value is -0.260. The van der Waals surface area contributed by atoms with Gasteiger partial charge in [-0.15, -0.1) is 0 Å². The zero-order chi connectivity index (χ0) is 8.10. The van der Waals surface area contributed by atoms with Gasteiger partial charge in [0, 0.05) is 0 Å². The van der Waals surface area contributed by atoms with Crippen molar-refractivity contribution in [2.24, 2.45) is 11.8 Å². The smallest absolute Gasteiger partial charge is 0.0233 e. The molecule has 0 radical (unpaired) electrons. The van der Waals surface area contributed by atoms with Crippen molar-refractivity contribution in [3.8, 4) is 0 Å².